The minimum atomic E-state index is -3.86. The number of hydrogen-bond donors (Lipinski definition) is 3. The first-order valence-corrected chi connectivity index (χ1v) is 19.8. The molecule has 1 aromatic heterocycles. The van der Waals surface area contributed by atoms with E-state index in [0.29, 0.717) is 30.6 Å². The van der Waals surface area contributed by atoms with Crippen molar-refractivity contribution in [2.24, 2.45) is 11.8 Å². The molecule has 51 heavy (non-hydrogen) atoms. The molecule has 6 atom stereocenters. The molecule has 0 unspecified atom stereocenters. The summed E-state index contributed by atoms with van der Waals surface area (Å²) in [6.45, 7) is 9.43. The van der Waals surface area contributed by atoms with Crippen molar-refractivity contribution in [1.29, 1.82) is 0 Å². The number of methoxy groups -OCH3 is 1. The van der Waals surface area contributed by atoms with Gasteiger partial charge in [-0.2, -0.15) is 0 Å². The number of nitrogens with one attached hydrogen (secondary N) is 3. The summed E-state index contributed by atoms with van der Waals surface area (Å²) >= 11 is 0. The number of ether oxygens (including phenoxy) is 2. The van der Waals surface area contributed by atoms with E-state index in [2.05, 4.69) is 25.8 Å². The van der Waals surface area contributed by atoms with Gasteiger partial charge < -0.3 is 25.4 Å². The van der Waals surface area contributed by atoms with Gasteiger partial charge in [0.05, 0.1) is 29.1 Å². The average Bonchev–Trinajstić information content (AvgIpc) is 3.07. The Hall–Kier alpha value is -3.55. The molecule has 4 rings (SSSR count). The van der Waals surface area contributed by atoms with Gasteiger partial charge in [0.25, 0.3) is 5.91 Å². The number of likely N-dealkylation sites (tertiary alicyclic amines) is 1. The molecule has 1 aliphatic heterocycles. The van der Waals surface area contributed by atoms with Gasteiger partial charge in [-0.15, -0.1) is 0 Å². The molecule has 3 amide bonds. The maximum absolute atomic E-state index is 14.3. The molecule has 1 aromatic carbocycles. The molecular weight excluding hydrogens is 671 g/mol. The highest BCUT2D eigenvalue weighted by Gasteiger charge is 2.46. The Kier molecular flexibility index (Phi) is 13.7. The van der Waals surface area contributed by atoms with E-state index in [1.54, 1.807) is 25.4 Å². The van der Waals surface area contributed by atoms with Crippen LogP contribution in [0, 0.1) is 11.8 Å². The van der Waals surface area contributed by atoms with Crippen LogP contribution in [0.4, 0.5) is 0 Å². The van der Waals surface area contributed by atoms with Crippen LogP contribution in [0.3, 0.4) is 0 Å². The molecule has 0 bridgehead atoms. The number of nitrogens with zero attached hydrogens (tertiary/aromatic N) is 2. The van der Waals surface area contributed by atoms with Crippen molar-refractivity contribution in [1.82, 2.24) is 25.8 Å². The highest BCUT2D eigenvalue weighted by Crippen LogP contribution is 2.39. The van der Waals surface area contributed by atoms with Crippen LogP contribution in [-0.2, 0) is 35.4 Å². The predicted molar refractivity (Wildman–Crippen MR) is 197 cm³/mol. The molecule has 282 valence electrons. The summed E-state index contributed by atoms with van der Waals surface area (Å²) in [5, 5.41) is 8.91. The number of aromatic nitrogens is 1. The molecule has 1 saturated carbocycles. The largest absolute Gasteiger partial charge is 0.482 e. The lowest BCUT2D eigenvalue weighted by Gasteiger charge is -2.47. The Bertz CT molecular complexity index is 1570. The fraction of sp³-hybridized carbons (Fsp3) is 0.632. The van der Waals surface area contributed by atoms with Gasteiger partial charge in [0.1, 0.15) is 11.8 Å². The standard InChI is InChI=1S/C38H57N5O7S/c1-37(2,3)42-35(45)31-21-27-16-11-12-17-28(27)23-43(31)24-32(49-6)30(20-26-14-9-8-10-15-26)40-36(46)34(38(4,5)51(7,47)48)41-33(44)25-50-29-18-13-19-39-22-29/h8-10,13-15,18-19,22,27-28,30-32,34H,11-12,16-17,20-21,23-25H2,1-7H3,(H,40,46)(H,41,44)(H,42,45)/t27-,28+,30-,31-,32+,34-/m0/s1. The first-order valence-electron chi connectivity index (χ1n) is 17.9. The zero-order valence-electron chi connectivity index (χ0n) is 31.2. The van der Waals surface area contributed by atoms with Gasteiger partial charge in [-0.25, -0.2) is 8.42 Å². The number of hydrogen-bond acceptors (Lipinski definition) is 9. The zero-order chi connectivity index (χ0) is 37.4. The summed E-state index contributed by atoms with van der Waals surface area (Å²) in [5.74, 6) is -0.0416. The molecule has 12 nitrogen and oxygen atoms in total. The highest BCUT2D eigenvalue weighted by atomic mass is 32.2. The fourth-order valence-electron chi connectivity index (χ4n) is 7.19. The highest BCUT2D eigenvalue weighted by molar-refractivity contribution is 7.92. The lowest BCUT2D eigenvalue weighted by molar-refractivity contribution is -0.134. The summed E-state index contributed by atoms with van der Waals surface area (Å²) in [6, 6.07) is 10.5. The Labute approximate surface area is 303 Å². The number of carbonyl (C=O) groups excluding carboxylic acids is 3. The van der Waals surface area contributed by atoms with Gasteiger partial charge in [-0.1, -0.05) is 49.6 Å². The number of pyridine rings is 1. The van der Waals surface area contributed by atoms with Gasteiger partial charge >= 0.3 is 0 Å². The molecular formula is C38H57N5O7S. The smallest absolute Gasteiger partial charge is 0.258 e. The first kappa shape index (κ1) is 40.2. The summed E-state index contributed by atoms with van der Waals surface area (Å²) < 4.78 is 36.1. The van der Waals surface area contributed by atoms with Gasteiger partial charge in [0, 0.05) is 38.2 Å². The first-order chi connectivity index (χ1) is 24.0. The molecule has 2 fully saturated rings. The Morgan fingerprint density at radius 3 is 2.27 bits per heavy atom. The van der Waals surface area contributed by atoms with Crippen molar-refractivity contribution >= 4 is 27.6 Å². The zero-order valence-corrected chi connectivity index (χ0v) is 32.0. The Morgan fingerprint density at radius 2 is 1.67 bits per heavy atom. The second-order valence-electron chi connectivity index (χ2n) is 15.7. The number of rotatable bonds is 15. The van der Waals surface area contributed by atoms with Crippen molar-refractivity contribution in [3.05, 3.63) is 60.4 Å². The van der Waals surface area contributed by atoms with Crippen LogP contribution in [0.15, 0.2) is 54.9 Å². The summed E-state index contributed by atoms with van der Waals surface area (Å²) in [6.07, 6.45) is 9.20. The van der Waals surface area contributed by atoms with Crippen molar-refractivity contribution in [2.75, 3.05) is 33.1 Å². The van der Waals surface area contributed by atoms with Crippen molar-refractivity contribution in [2.45, 2.75) is 108 Å². The fourth-order valence-corrected chi connectivity index (χ4v) is 7.78. The van der Waals surface area contributed by atoms with Gasteiger partial charge in [0.2, 0.25) is 11.8 Å². The van der Waals surface area contributed by atoms with Gasteiger partial charge in [0.15, 0.2) is 16.4 Å². The predicted octanol–water partition coefficient (Wildman–Crippen LogP) is 3.31. The van der Waals surface area contributed by atoms with Crippen LogP contribution in [0.2, 0.25) is 0 Å². The monoisotopic (exact) mass is 727 g/mol. The van der Waals surface area contributed by atoms with E-state index < -0.39 is 56.7 Å². The molecule has 13 heteroatoms. The lowest BCUT2D eigenvalue weighted by Crippen LogP contribution is -2.64. The van der Waals surface area contributed by atoms with E-state index >= 15 is 0 Å². The molecule has 0 radical (unpaired) electrons. The van der Waals surface area contributed by atoms with E-state index in [9.17, 15) is 22.8 Å². The quantitative estimate of drug-likeness (QED) is 0.251. The minimum absolute atomic E-state index is 0.0174. The number of benzene rings is 1. The second-order valence-corrected chi connectivity index (χ2v) is 18.3. The SMILES string of the molecule is CO[C@H](CN1C[C@H]2CCCC[C@H]2C[C@H]1C(=O)NC(C)(C)C)[C@H](Cc1ccccc1)NC(=O)[C@H](NC(=O)COc1cccnc1)C(C)(C)S(C)(=O)=O. The van der Waals surface area contributed by atoms with Crippen LogP contribution < -0.4 is 20.7 Å². The normalized spacial score (nSPS) is 21.7. The number of piperidine rings is 1. The average molecular weight is 728 g/mol. The third kappa shape index (κ3) is 11.2. The Balaban J connectivity index is 1.62. The number of amides is 3. The van der Waals surface area contributed by atoms with E-state index in [0.717, 1.165) is 37.6 Å². The van der Waals surface area contributed by atoms with Crippen LogP contribution in [-0.4, -0.2) is 104 Å². The second kappa shape index (κ2) is 17.3. The number of carbonyl (C=O) groups is 3. The van der Waals surface area contributed by atoms with Crippen molar-refractivity contribution < 1.29 is 32.3 Å². The third-order valence-electron chi connectivity index (χ3n) is 10.3. The van der Waals surface area contributed by atoms with Crippen LogP contribution in [0.25, 0.3) is 0 Å². The van der Waals surface area contributed by atoms with E-state index in [1.807, 2.05) is 51.1 Å². The number of fused-ring (bicyclic) bond motifs is 1. The molecule has 3 N–H and O–H groups in total. The van der Waals surface area contributed by atoms with E-state index in [-0.39, 0.29) is 11.9 Å². The molecule has 0 spiro atoms. The van der Waals surface area contributed by atoms with Gasteiger partial charge in [-0.05, 0) is 83.4 Å². The maximum Gasteiger partial charge on any atom is 0.258 e. The molecule has 2 aromatic rings. The molecule has 2 heterocycles. The van der Waals surface area contributed by atoms with Crippen molar-refractivity contribution in [3.8, 4) is 5.75 Å². The minimum Gasteiger partial charge on any atom is -0.482 e. The summed E-state index contributed by atoms with van der Waals surface area (Å²) in [4.78, 5) is 47.4. The third-order valence-corrected chi connectivity index (χ3v) is 12.5. The maximum atomic E-state index is 14.3. The van der Waals surface area contributed by atoms with E-state index in [1.165, 1.54) is 32.9 Å². The van der Waals surface area contributed by atoms with E-state index in [4.69, 9.17) is 9.47 Å². The summed E-state index contributed by atoms with van der Waals surface area (Å²) in [5.41, 5.74) is 0.539. The van der Waals surface area contributed by atoms with Crippen LogP contribution >= 0.6 is 0 Å². The molecule has 2 aliphatic rings. The van der Waals surface area contributed by atoms with Gasteiger partial charge in [-0.3, -0.25) is 24.3 Å². The van der Waals surface area contributed by atoms with Crippen LogP contribution in [0.5, 0.6) is 5.75 Å². The van der Waals surface area contributed by atoms with Crippen LogP contribution in [0.1, 0.15) is 72.3 Å². The topological polar surface area (TPSA) is 156 Å². The summed E-state index contributed by atoms with van der Waals surface area (Å²) in [7, 11) is -2.27. The number of sulfone groups is 1. The van der Waals surface area contributed by atoms with Crippen molar-refractivity contribution in [3.63, 3.8) is 0 Å². The molecule has 1 aliphatic carbocycles. The Morgan fingerprint density at radius 1 is 0.980 bits per heavy atom. The molecule has 1 saturated heterocycles. The lowest BCUT2D eigenvalue weighted by atomic mass is 9.72.